The molecule has 0 aliphatic rings. The molecule has 0 heterocycles. The molecule has 0 radical (unpaired) electrons. The van der Waals surface area contributed by atoms with E-state index in [2.05, 4.69) is 20.7 Å². The molecule has 0 fully saturated rings. The van der Waals surface area contributed by atoms with Gasteiger partial charge in [0.05, 0.1) is 10.6 Å². The first-order valence-electron chi connectivity index (χ1n) is 5.71. The molecule has 1 rings (SSSR count). The fourth-order valence-electron chi connectivity index (χ4n) is 1.39. The van der Waals surface area contributed by atoms with Crippen LogP contribution in [0.2, 0.25) is 0 Å². The van der Waals surface area contributed by atoms with Crippen molar-refractivity contribution in [2.75, 3.05) is 12.3 Å². The van der Waals surface area contributed by atoms with Crippen molar-refractivity contribution in [1.82, 2.24) is 4.72 Å². The Labute approximate surface area is 112 Å². The van der Waals surface area contributed by atoms with E-state index in [9.17, 15) is 8.42 Å². The van der Waals surface area contributed by atoms with Gasteiger partial charge in [0.25, 0.3) is 0 Å². The van der Waals surface area contributed by atoms with Crippen LogP contribution in [0.5, 0.6) is 0 Å². The first-order valence-corrected chi connectivity index (χ1v) is 8.28. The van der Waals surface area contributed by atoms with Crippen molar-refractivity contribution in [2.24, 2.45) is 0 Å². The minimum atomic E-state index is -3.13. The number of sulfonamides is 1. The highest BCUT2D eigenvalue weighted by Gasteiger charge is 2.13. The molecule has 0 saturated carbocycles. The number of halogens is 1. The van der Waals surface area contributed by atoms with E-state index < -0.39 is 10.0 Å². The van der Waals surface area contributed by atoms with Crippen LogP contribution in [0.15, 0.2) is 30.3 Å². The Balaban J connectivity index is 2.46. The van der Waals surface area contributed by atoms with Gasteiger partial charge in [-0.3, -0.25) is 0 Å². The van der Waals surface area contributed by atoms with Crippen LogP contribution in [0.4, 0.5) is 0 Å². The first-order chi connectivity index (χ1) is 8.05. The van der Waals surface area contributed by atoms with Gasteiger partial charge in [-0.05, 0) is 12.0 Å². The van der Waals surface area contributed by atoms with E-state index in [4.69, 9.17) is 0 Å². The molecule has 0 amide bonds. The highest BCUT2D eigenvalue weighted by molar-refractivity contribution is 9.09. The maximum atomic E-state index is 11.6. The molecule has 1 atom stereocenters. The summed E-state index contributed by atoms with van der Waals surface area (Å²) in [6.45, 7) is 2.36. The molecule has 1 aromatic carbocycles. The molecule has 0 spiro atoms. The van der Waals surface area contributed by atoms with Gasteiger partial charge in [-0.1, -0.05) is 59.6 Å². The van der Waals surface area contributed by atoms with Crippen LogP contribution in [-0.2, 0) is 10.0 Å². The average molecular weight is 320 g/mol. The van der Waals surface area contributed by atoms with E-state index in [1.54, 1.807) is 0 Å². The van der Waals surface area contributed by atoms with Gasteiger partial charge in [0.2, 0.25) is 10.0 Å². The van der Waals surface area contributed by atoms with E-state index in [1.165, 1.54) is 0 Å². The Kier molecular flexibility index (Phi) is 6.16. The summed E-state index contributed by atoms with van der Waals surface area (Å²) in [5.41, 5.74) is 1.07. The molecule has 0 saturated heterocycles. The topological polar surface area (TPSA) is 46.2 Å². The summed E-state index contributed by atoms with van der Waals surface area (Å²) in [6, 6.07) is 9.76. The predicted octanol–water partition coefficient (Wildman–Crippen LogP) is 2.84. The molecule has 1 unspecified atom stereocenters. The van der Waals surface area contributed by atoms with Crippen LogP contribution in [0.25, 0.3) is 0 Å². The smallest absolute Gasteiger partial charge is 0.211 e. The Hall–Kier alpha value is -0.390. The van der Waals surface area contributed by atoms with E-state index in [0.29, 0.717) is 13.0 Å². The number of hydrogen-bond acceptors (Lipinski definition) is 2. The summed E-state index contributed by atoms with van der Waals surface area (Å²) < 4.78 is 25.8. The van der Waals surface area contributed by atoms with Crippen LogP contribution in [-0.4, -0.2) is 20.7 Å². The summed E-state index contributed by atoms with van der Waals surface area (Å²) in [7, 11) is -3.13. The highest BCUT2D eigenvalue weighted by Crippen LogP contribution is 2.21. The largest absolute Gasteiger partial charge is 0.214 e. The molecule has 1 N–H and O–H groups in total. The molecule has 17 heavy (non-hydrogen) atoms. The Morgan fingerprint density at radius 3 is 2.53 bits per heavy atom. The summed E-state index contributed by atoms with van der Waals surface area (Å²) >= 11 is 3.48. The number of alkyl halides is 1. The first kappa shape index (κ1) is 14.7. The second kappa shape index (κ2) is 7.13. The minimum Gasteiger partial charge on any atom is -0.214 e. The Morgan fingerprint density at radius 1 is 1.29 bits per heavy atom. The van der Waals surface area contributed by atoms with Crippen molar-refractivity contribution >= 4 is 26.0 Å². The lowest BCUT2D eigenvalue weighted by molar-refractivity contribution is 0.578. The van der Waals surface area contributed by atoms with Crippen molar-refractivity contribution < 1.29 is 8.42 Å². The Morgan fingerprint density at radius 2 is 1.94 bits per heavy atom. The molecule has 0 aliphatic heterocycles. The van der Waals surface area contributed by atoms with Crippen molar-refractivity contribution in [2.45, 2.75) is 24.6 Å². The quantitative estimate of drug-likeness (QED) is 0.785. The number of rotatable bonds is 7. The monoisotopic (exact) mass is 319 g/mol. The van der Waals surface area contributed by atoms with Gasteiger partial charge in [0, 0.05) is 6.54 Å². The second-order valence-electron chi connectivity index (χ2n) is 3.90. The third-order valence-electron chi connectivity index (χ3n) is 2.41. The van der Waals surface area contributed by atoms with Crippen LogP contribution in [0, 0.1) is 0 Å². The number of unbranched alkanes of at least 4 members (excludes halogenated alkanes) is 1. The molecular formula is C12H18BrNO2S. The molecular weight excluding hydrogens is 302 g/mol. The van der Waals surface area contributed by atoms with Crippen LogP contribution in [0.3, 0.4) is 0 Å². The van der Waals surface area contributed by atoms with Gasteiger partial charge in [-0.15, -0.1) is 0 Å². The molecule has 5 heteroatoms. The zero-order valence-electron chi connectivity index (χ0n) is 9.90. The van der Waals surface area contributed by atoms with Crippen molar-refractivity contribution in [3.63, 3.8) is 0 Å². The van der Waals surface area contributed by atoms with Crippen LogP contribution >= 0.6 is 15.9 Å². The lowest BCUT2D eigenvalue weighted by Gasteiger charge is -2.11. The molecule has 0 aliphatic carbocycles. The molecule has 1 aromatic rings. The summed E-state index contributed by atoms with van der Waals surface area (Å²) in [4.78, 5) is 0.0140. The zero-order chi connectivity index (χ0) is 12.7. The normalized spacial score (nSPS) is 13.5. The zero-order valence-corrected chi connectivity index (χ0v) is 12.3. The van der Waals surface area contributed by atoms with Gasteiger partial charge in [-0.2, -0.15) is 0 Å². The summed E-state index contributed by atoms with van der Waals surface area (Å²) in [6.07, 6.45) is 1.59. The summed E-state index contributed by atoms with van der Waals surface area (Å²) in [5, 5.41) is 0. The number of hydrogen-bond donors (Lipinski definition) is 1. The van der Waals surface area contributed by atoms with E-state index in [1.807, 2.05) is 37.3 Å². The SMILES string of the molecule is CCCCS(=O)(=O)NCC(Br)c1ccccc1. The molecule has 3 nitrogen and oxygen atoms in total. The number of nitrogens with one attached hydrogen (secondary N) is 1. The van der Waals surface area contributed by atoms with Crippen LogP contribution in [0.1, 0.15) is 30.2 Å². The van der Waals surface area contributed by atoms with Gasteiger partial charge >= 0.3 is 0 Å². The fraction of sp³-hybridized carbons (Fsp3) is 0.500. The van der Waals surface area contributed by atoms with Gasteiger partial charge in [0.1, 0.15) is 0 Å². The molecule has 0 aromatic heterocycles. The van der Waals surface area contributed by atoms with Crippen LogP contribution < -0.4 is 4.72 Å². The lowest BCUT2D eigenvalue weighted by atomic mass is 10.2. The van der Waals surface area contributed by atoms with Crippen molar-refractivity contribution in [3.8, 4) is 0 Å². The fourth-order valence-corrected chi connectivity index (χ4v) is 3.30. The standard InChI is InChI=1S/C12H18BrNO2S/c1-2-3-9-17(15,16)14-10-12(13)11-7-5-4-6-8-11/h4-8,12,14H,2-3,9-10H2,1H3. The van der Waals surface area contributed by atoms with Crippen molar-refractivity contribution in [1.29, 1.82) is 0 Å². The van der Waals surface area contributed by atoms with Crippen molar-refractivity contribution in [3.05, 3.63) is 35.9 Å². The average Bonchev–Trinajstić information content (AvgIpc) is 2.35. The maximum absolute atomic E-state index is 11.6. The third-order valence-corrected chi connectivity index (χ3v) is 4.70. The Bertz CT molecular complexity index is 419. The highest BCUT2D eigenvalue weighted by atomic mass is 79.9. The van der Waals surface area contributed by atoms with E-state index in [-0.39, 0.29) is 10.6 Å². The van der Waals surface area contributed by atoms with Gasteiger partial charge in [0.15, 0.2) is 0 Å². The number of benzene rings is 1. The van der Waals surface area contributed by atoms with Gasteiger partial charge < -0.3 is 0 Å². The molecule has 96 valence electrons. The minimum absolute atomic E-state index is 0.0140. The predicted molar refractivity (Wildman–Crippen MR) is 74.8 cm³/mol. The van der Waals surface area contributed by atoms with Gasteiger partial charge in [-0.25, -0.2) is 13.1 Å². The summed E-state index contributed by atoms with van der Waals surface area (Å²) in [5.74, 6) is 0.206. The lowest BCUT2D eigenvalue weighted by Crippen LogP contribution is -2.29. The maximum Gasteiger partial charge on any atom is 0.211 e. The second-order valence-corrected chi connectivity index (χ2v) is 6.93. The van der Waals surface area contributed by atoms with E-state index in [0.717, 1.165) is 12.0 Å². The van der Waals surface area contributed by atoms with E-state index >= 15 is 0 Å². The third kappa shape index (κ3) is 5.66. The molecule has 0 bridgehead atoms.